The lowest BCUT2D eigenvalue weighted by atomic mass is 10.1. The minimum Gasteiger partial charge on any atom is -0.507 e. The number of halogens is 1. The van der Waals surface area contributed by atoms with Crippen LogP contribution in [0.25, 0.3) is 0 Å². The molecule has 16 heavy (non-hydrogen) atoms. The Morgan fingerprint density at radius 3 is 2.69 bits per heavy atom. The molecule has 2 rings (SSSR count). The maximum Gasteiger partial charge on any atom is 0.123 e. The first kappa shape index (κ1) is 11.7. The molecule has 0 heterocycles. The van der Waals surface area contributed by atoms with Crippen LogP contribution in [0.4, 0.5) is 0 Å². The lowest BCUT2D eigenvalue weighted by Gasteiger charge is -2.15. The van der Waals surface area contributed by atoms with Crippen LogP contribution in [-0.2, 0) is 6.54 Å². The summed E-state index contributed by atoms with van der Waals surface area (Å²) in [5, 5.41) is 22.9. The molecule has 4 heteroatoms. The Morgan fingerprint density at radius 1 is 1.44 bits per heavy atom. The summed E-state index contributed by atoms with van der Waals surface area (Å²) < 4.78 is 0. The van der Waals surface area contributed by atoms with Gasteiger partial charge in [0.1, 0.15) is 5.75 Å². The minimum absolute atomic E-state index is 0.122. The molecule has 3 nitrogen and oxygen atoms in total. The zero-order chi connectivity index (χ0) is 11.8. The molecule has 0 atom stereocenters. The normalized spacial score (nSPS) is 17.4. The first-order valence-corrected chi connectivity index (χ1v) is 5.78. The van der Waals surface area contributed by atoms with Crippen LogP contribution in [0.15, 0.2) is 12.1 Å². The van der Waals surface area contributed by atoms with Crippen LogP contribution in [0.1, 0.15) is 24.0 Å². The standard InChI is InChI=1S/C12H16ClNO2/c1-8-4-10(13)5-9(11(8)16)6-14-12(7-15)2-3-12/h4-5,14-16H,2-3,6-7H2,1H3. The lowest BCUT2D eigenvalue weighted by molar-refractivity contribution is 0.229. The number of aliphatic hydroxyl groups is 1. The number of rotatable bonds is 4. The molecule has 1 saturated carbocycles. The Kier molecular flexibility index (Phi) is 3.10. The maximum atomic E-state index is 9.85. The van der Waals surface area contributed by atoms with Gasteiger partial charge in [-0.15, -0.1) is 0 Å². The molecule has 0 saturated heterocycles. The second-order valence-corrected chi connectivity index (χ2v) is 4.96. The van der Waals surface area contributed by atoms with Crippen LogP contribution in [-0.4, -0.2) is 22.4 Å². The molecule has 0 aliphatic heterocycles. The van der Waals surface area contributed by atoms with Gasteiger partial charge in [-0.05, 0) is 37.5 Å². The van der Waals surface area contributed by atoms with Gasteiger partial charge in [0.05, 0.1) is 6.61 Å². The number of hydrogen-bond acceptors (Lipinski definition) is 3. The predicted molar refractivity (Wildman–Crippen MR) is 63.7 cm³/mol. The minimum atomic E-state index is -0.122. The summed E-state index contributed by atoms with van der Waals surface area (Å²) in [6, 6.07) is 3.49. The molecule has 88 valence electrons. The van der Waals surface area contributed by atoms with Gasteiger partial charge in [-0.1, -0.05) is 11.6 Å². The van der Waals surface area contributed by atoms with Crippen molar-refractivity contribution in [1.82, 2.24) is 5.32 Å². The first-order valence-electron chi connectivity index (χ1n) is 5.40. The van der Waals surface area contributed by atoms with E-state index in [9.17, 15) is 5.11 Å². The summed E-state index contributed by atoms with van der Waals surface area (Å²) >= 11 is 5.93. The summed E-state index contributed by atoms with van der Waals surface area (Å²) in [6.07, 6.45) is 1.98. The third kappa shape index (κ3) is 2.32. The molecule has 1 aromatic rings. The van der Waals surface area contributed by atoms with Crippen molar-refractivity contribution in [2.24, 2.45) is 0 Å². The fraction of sp³-hybridized carbons (Fsp3) is 0.500. The third-order valence-electron chi connectivity index (χ3n) is 3.15. The van der Waals surface area contributed by atoms with E-state index in [0.29, 0.717) is 11.6 Å². The average Bonchev–Trinajstić information content (AvgIpc) is 3.02. The number of benzene rings is 1. The van der Waals surface area contributed by atoms with Gasteiger partial charge in [-0.2, -0.15) is 0 Å². The van der Waals surface area contributed by atoms with E-state index in [2.05, 4.69) is 5.32 Å². The second kappa shape index (κ2) is 4.24. The number of aromatic hydroxyl groups is 1. The monoisotopic (exact) mass is 241 g/mol. The molecule has 0 aromatic heterocycles. The van der Waals surface area contributed by atoms with E-state index < -0.39 is 0 Å². The van der Waals surface area contributed by atoms with Crippen LogP contribution < -0.4 is 5.32 Å². The highest BCUT2D eigenvalue weighted by molar-refractivity contribution is 6.30. The van der Waals surface area contributed by atoms with E-state index in [1.807, 2.05) is 6.92 Å². The van der Waals surface area contributed by atoms with Crippen LogP contribution >= 0.6 is 11.6 Å². The zero-order valence-electron chi connectivity index (χ0n) is 9.26. The quantitative estimate of drug-likeness (QED) is 0.756. The number of nitrogens with one attached hydrogen (secondary N) is 1. The predicted octanol–water partition coefficient (Wildman–Crippen LogP) is 1.97. The smallest absolute Gasteiger partial charge is 0.123 e. The number of hydrogen-bond donors (Lipinski definition) is 3. The van der Waals surface area contributed by atoms with Crippen molar-refractivity contribution in [2.75, 3.05) is 6.61 Å². The van der Waals surface area contributed by atoms with Gasteiger partial charge in [-0.25, -0.2) is 0 Å². The van der Waals surface area contributed by atoms with Gasteiger partial charge in [0.2, 0.25) is 0 Å². The van der Waals surface area contributed by atoms with E-state index >= 15 is 0 Å². The Balaban J connectivity index is 2.09. The molecule has 0 unspecified atom stereocenters. The van der Waals surface area contributed by atoms with Crippen molar-refractivity contribution in [3.63, 3.8) is 0 Å². The number of phenols is 1. The maximum absolute atomic E-state index is 9.85. The molecule has 1 aliphatic rings. The van der Waals surface area contributed by atoms with Crippen LogP contribution in [0.3, 0.4) is 0 Å². The zero-order valence-corrected chi connectivity index (χ0v) is 10.0. The summed E-state index contributed by atoms with van der Waals surface area (Å²) in [7, 11) is 0. The molecule has 1 fully saturated rings. The van der Waals surface area contributed by atoms with E-state index in [-0.39, 0.29) is 17.9 Å². The van der Waals surface area contributed by atoms with Crippen molar-refractivity contribution >= 4 is 11.6 Å². The van der Waals surface area contributed by atoms with E-state index in [1.54, 1.807) is 12.1 Å². The Hall–Kier alpha value is -0.770. The summed E-state index contributed by atoms with van der Waals surface area (Å²) in [6.45, 7) is 2.50. The number of aliphatic hydroxyl groups excluding tert-OH is 1. The van der Waals surface area contributed by atoms with Gasteiger partial charge < -0.3 is 15.5 Å². The Morgan fingerprint density at radius 2 is 2.12 bits per heavy atom. The summed E-state index contributed by atoms with van der Waals surface area (Å²) in [4.78, 5) is 0. The summed E-state index contributed by atoms with van der Waals surface area (Å²) in [5.74, 6) is 0.283. The molecule has 0 bridgehead atoms. The third-order valence-corrected chi connectivity index (χ3v) is 3.37. The molecular formula is C12H16ClNO2. The number of phenolic OH excluding ortho intramolecular Hbond substituents is 1. The highest BCUT2D eigenvalue weighted by atomic mass is 35.5. The van der Waals surface area contributed by atoms with Gasteiger partial charge in [0, 0.05) is 22.7 Å². The highest BCUT2D eigenvalue weighted by Gasteiger charge is 2.41. The van der Waals surface area contributed by atoms with Crippen molar-refractivity contribution in [3.05, 3.63) is 28.3 Å². The van der Waals surface area contributed by atoms with E-state index in [4.69, 9.17) is 16.7 Å². The molecule has 3 N–H and O–H groups in total. The lowest BCUT2D eigenvalue weighted by Crippen LogP contribution is -2.34. The number of aryl methyl sites for hydroxylation is 1. The van der Waals surface area contributed by atoms with Crippen molar-refractivity contribution < 1.29 is 10.2 Å². The summed E-state index contributed by atoms with van der Waals surface area (Å²) in [5.41, 5.74) is 1.44. The van der Waals surface area contributed by atoms with Crippen molar-refractivity contribution in [3.8, 4) is 5.75 Å². The van der Waals surface area contributed by atoms with E-state index in [0.717, 1.165) is 24.0 Å². The Labute approximate surface area is 100 Å². The molecule has 1 aliphatic carbocycles. The fourth-order valence-electron chi connectivity index (χ4n) is 1.76. The highest BCUT2D eigenvalue weighted by Crippen LogP contribution is 2.35. The van der Waals surface area contributed by atoms with Gasteiger partial charge in [-0.3, -0.25) is 0 Å². The Bertz CT molecular complexity index is 402. The van der Waals surface area contributed by atoms with Gasteiger partial charge in [0.15, 0.2) is 0 Å². The molecular weight excluding hydrogens is 226 g/mol. The van der Waals surface area contributed by atoms with Crippen LogP contribution in [0, 0.1) is 6.92 Å². The van der Waals surface area contributed by atoms with Crippen molar-refractivity contribution in [2.45, 2.75) is 31.8 Å². The fourth-order valence-corrected chi connectivity index (χ4v) is 2.06. The molecule has 0 amide bonds. The average molecular weight is 242 g/mol. The largest absolute Gasteiger partial charge is 0.507 e. The van der Waals surface area contributed by atoms with Gasteiger partial charge in [0.25, 0.3) is 0 Å². The molecule has 0 spiro atoms. The second-order valence-electron chi connectivity index (χ2n) is 4.52. The van der Waals surface area contributed by atoms with Gasteiger partial charge >= 0.3 is 0 Å². The van der Waals surface area contributed by atoms with Crippen LogP contribution in [0.2, 0.25) is 5.02 Å². The first-order chi connectivity index (χ1) is 7.56. The SMILES string of the molecule is Cc1cc(Cl)cc(CNC2(CO)CC2)c1O. The molecule has 1 aromatic carbocycles. The molecule has 0 radical (unpaired) electrons. The topological polar surface area (TPSA) is 52.5 Å². The van der Waals surface area contributed by atoms with Crippen LogP contribution in [0.5, 0.6) is 5.75 Å². The van der Waals surface area contributed by atoms with Crippen molar-refractivity contribution in [1.29, 1.82) is 0 Å². The van der Waals surface area contributed by atoms with E-state index in [1.165, 1.54) is 0 Å².